The van der Waals surface area contributed by atoms with Gasteiger partial charge in [0.15, 0.2) is 0 Å². The van der Waals surface area contributed by atoms with Crippen LogP contribution in [0.1, 0.15) is 79.1 Å². The monoisotopic (exact) mass is 484 g/mol. The highest BCUT2D eigenvalue weighted by atomic mass is 19.3. The molecule has 1 fully saturated rings. The van der Waals surface area contributed by atoms with Gasteiger partial charge in [0.2, 0.25) is 0 Å². The van der Waals surface area contributed by atoms with Crippen molar-refractivity contribution in [3.63, 3.8) is 0 Å². The number of alkyl halides is 2. The molecule has 1 rings (SSSR count). The molecule has 0 aromatic carbocycles. The van der Waals surface area contributed by atoms with Crippen molar-refractivity contribution in [3.05, 3.63) is 36.5 Å². The van der Waals surface area contributed by atoms with E-state index in [-0.39, 0.29) is 30.9 Å². The van der Waals surface area contributed by atoms with E-state index in [4.69, 9.17) is 9.47 Å². The molecule has 34 heavy (non-hydrogen) atoms. The van der Waals surface area contributed by atoms with E-state index in [2.05, 4.69) is 0 Å². The number of rotatable bonds is 16. The second kappa shape index (κ2) is 15.9. The molecule has 0 aromatic heterocycles. The van der Waals surface area contributed by atoms with Gasteiger partial charge in [0.25, 0.3) is 5.92 Å². The molecule has 1 saturated carbocycles. The maximum absolute atomic E-state index is 14.7. The van der Waals surface area contributed by atoms with E-state index in [0.717, 1.165) is 12.5 Å². The van der Waals surface area contributed by atoms with E-state index in [1.54, 1.807) is 20.8 Å². The molecule has 0 aliphatic heterocycles. The van der Waals surface area contributed by atoms with Crippen molar-refractivity contribution in [3.8, 4) is 0 Å². The molecule has 1 N–H and O–H groups in total. The third-order valence-electron chi connectivity index (χ3n) is 5.67. The van der Waals surface area contributed by atoms with Crippen molar-refractivity contribution >= 4 is 11.8 Å². The molecule has 0 saturated heterocycles. The summed E-state index contributed by atoms with van der Waals surface area (Å²) < 4.78 is 39.9. The molecular formula is C27H42F2O5. The SMILES string of the molecule is CC/C=C/C(F)(F)C(/C=C/[C@H]1[C@H](O)CC(=O)[C@@H]1C/C=C\CCCC(=O)OC(C)C)OCCCC. The van der Waals surface area contributed by atoms with Crippen LogP contribution in [-0.2, 0) is 19.1 Å². The van der Waals surface area contributed by atoms with Crippen LogP contribution in [0.4, 0.5) is 8.78 Å². The quantitative estimate of drug-likeness (QED) is 0.166. The summed E-state index contributed by atoms with van der Waals surface area (Å²) >= 11 is 0. The lowest BCUT2D eigenvalue weighted by Crippen LogP contribution is -2.33. The van der Waals surface area contributed by atoms with E-state index in [1.807, 2.05) is 19.1 Å². The molecule has 0 bridgehead atoms. The predicted molar refractivity (Wildman–Crippen MR) is 130 cm³/mol. The van der Waals surface area contributed by atoms with Gasteiger partial charge in [0, 0.05) is 31.3 Å². The van der Waals surface area contributed by atoms with Gasteiger partial charge in [-0.25, -0.2) is 0 Å². The van der Waals surface area contributed by atoms with Crippen LogP contribution in [0, 0.1) is 11.8 Å². The average Bonchev–Trinajstić information content (AvgIpc) is 3.03. The first-order chi connectivity index (χ1) is 16.1. The molecule has 0 amide bonds. The van der Waals surface area contributed by atoms with Gasteiger partial charge in [-0.2, -0.15) is 8.78 Å². The molecule has 0 spiro atoms. The summed E-state index contributed by atoms with van der Waals surface area (Å²) in [5, 5.41) is 10.4. The Morgan fingerprint density at radius 1 is 1.21 bits per heavy atom. The normalized spacial score (nSPS) is 22.6. The smallest absolute Gasteiger partial charge is 0.306 e. The number of hydrogen-bond acceptors (Lipinski definition) is 5. The van der Waals surface area contributed by atoms with Gasteiger partial charge in [-0.05, 0) is 52.0 Å². The number of ether oxygens (including phenoxy) is 2. The first kappa shape index (κ1) is 30.2. The minimum atomic E-state index is -3.18. The summed E-state index contributed by atoms with van der Waals surface area (Å²) in [6.45, 7) is 7.56. The van der Waals surface area contributed by atoms with Crippen LogP contribution in [0.3, 0.4) is 0 Å². The van der Waals surface area contributed by atoms with Crippen LogP contribution >= 0.6 is 0 Å². The highest BCUT2D eigenvalue weighted by molar-refractivity contribution is 5.84. The molecule has 194 valence electrons. The fourth-order valence-corrected chi connectivity index (χ4v) is 3.82. The molecule has 0 aromatic rings. The number of esters is 1. The lowest BCUT2D eigenvalue weighted by Gasteiger charge is -2.23. The van der Waals surface area contributed by atoms with Crippen LogP contribution in [0.5, 0.6) is 0 Å². The number of aliphatic hydroxyl groups excluding tert-OH is 1. The van der Waals surface area contributed by atoms with Crippen molar-refractivity contribution in [1.82, 2.24) is 0 Å². The van der Waals surface area contributed by atoms with Crippen LogP contribution in [0.15, 0.2) is 36.5 Å². The molecule has 1 aliphatic carbocycles. The Hall–Kier alpha value is -1.86. The van der Waals surface area contributed by atoms with Crippen LogP contribution in [0.25, 0.3) is 0 Å². The van der Waals surface area contributed by atoms with E-state index in [1.165, 1.54) is 18.2 Å². The van der Waals surface area contributed by atoms with Crippen LogP contribution in [-0.4, -0.2) is 47.7 Å². The van der Waals surface area contributed by atoms with E-state index >= 15 is 0 Å². The summed E-state index contributed by atoms with van der Waals surface area (Å²) in [6, 6.07) is 0. The Bertz CT molecular complexity index is 699. The third kappa shape index (κ3) is 11.0. The number of ketones is 1. The average molecular weight is 485 g/mol. The Morgan fingerprint density at radius 3 is 2.59 bits per heavy atom. The summed E-state index contributed by atoms with van der Waals surface area (Å²) in [5.41, 5.74) is 0. The van der Waals surface area contributed by atoms with Crippen molar-refractivity contribution < 1.29 is 33.0 Å². The predicted octanol–water partition coefficient (Wildman–Crippen LogP) is 5.96. The molecule has 7 heteroatoms. The highest BCUT2D eigenvalue weighted by Crippen LogP contribution is 2.34. The Balaban J connectivity index is 2.76. The summed E-state index contributed by atoms with van der Waals surface area (Å²) in [4.78, 5) is 24.0. The zero-order valence-electron chi connectivity index (χ0n) is 21.1. The maximum Gasteiger partial charge on any atom is 0.306 e. The number of carbonyl (C=O) groups excluding carboxylic acids is 2. The number of aliphatic hydroxyl groups is 1. The molecule has 1 aliphatic rings. The summed E-state index contributed by atoms with van der Waals surface area (Å²) in [5.74, 6) is -4.50. The first-order valence-corrected chi connectivity index (χ1v) is 12.5. The molecule has 4 atom stereocenters. The minimum Gasteiger partial charge on any atom is -0.463 e. The van der Waals surface area contributed by atoms with Gasteiger partial charge < -0.3 is 14.6 Å². The number of carbonyl (C=O) groups is 2. The molecule has 0 radical (unpaired) electrons. The zero-order chi connectivity index (χ0) is 25.6. The standard InChI is InChI=1S/C27H42F2O5/c1-5-7-17-27(28,29)25(33-18-8-6-2)16-15-22-21(23(30)19-24(22)31)13-11-9-10-12-14-26(32)34-20(3)4/h7,9,11,15-17,20-22,24-25,31H,5-6,8,10,12-14,18-19H2,1-4H3/b11-9-,16-15+,17-7+/t21-,22-,24-,25?/m1/s1. The highest BCUT2D eigenvalue weighted by Gasteiger charge is 2.41. The van der Waals surface area contributed by atoms with Gasteiger partial charge in [0.05, 0.1) is 12.2 Å². The van der Waals surface area contributed by atoms with Gasteiger partial charge >= 0.3 is 5.97 Å². The first-order valence-electron chi connectivity index (χ1n) is 12.5. The van der Waals surface area contributed by atoms with Crippen molar-refractivity contribution in [2.24, 2.45) is 11.8 Å². The van der Waals surface area contributed by atoms with Gasteiger partial charge in [-0.1, -0.05) is 50.6 Å². The largest absolute Gasteiger partial charge is 0.463 e. The molecular weight excluding hydrogens is 442 g/mol. The van der Waals surface area contributed by atoms with Crippen LogP contribution in [0.2, 0.25) is 0 Å². The van der Waals surface area contributed by atoms with Gasteiger partial charge in [-0.15, -0.1) is 0 Å². The van der Waals surface area contributed by atoms with E-state index < -0.39 is 30.0 Å². The van der Waals surface area contributed by atoms with E-state index in [9.17, 15) is 23.5 Å². The number of Topliss-reactive ketones (excluding diaryl/α,β-unsaturated/α-hetero) is 1. The third-order valence-corrected chi connectivity index (χ3v) is 5.67. The number of halogens is 2. The van der Waals surface area contributed by atoms with Crippen molar-refractivity contribution in [2.45, 2.75) is 103 Å². The van der Waals surface area contributed by atoms with Gasteiger partial charge in [0.1, 0.15) is 11.9 Å². The fourth-order valence-electron chi connectivity index (χ4n) is 3.82. The Morgan fingerprint density at radius 2 is 1.94 bits per heavy atom. The Labute approximate surface area is 203 Å². The molecule has 1 unspecified atom stereocenters. The fraction of sp³-hybridized carbons (Fsp3) is 0.704. The second-order valence-corrected chi connectivity index (χ2v) is 9.07. The lowest BCUT2D eigenvalue weighted by atomic mass is 9.90. The van der Waals surface area contributed by atoms with Crippen molar-refractivity contribution in [2.75, 3.05) is 6.61 Å². The topological polar surface area (TPSA) is 72.8 Å². The second-order valence-electron chi connectivity index (χ2n) is 9.07. The maximum atomic E-state index is 14.7. The number of allylic oxidation sites excluding steroid dienone is 3. The number of unbranched alkanes of at least 4 members (excludes halogenated alkanes) is 2. The minimum absolute atomic E-state index is 0.0159. The summed E-state index contributed by atoms with van der Waals surface area (Å²) in [6.07, 6.45) is 10.4. The van der Waals surface area contributed by atoms with Gasteiger partial charge in [-0.3, -0.25) is 9.59 Å². The van der Waals surface area contributed by atoms with Crippen LogP contribution < -0.4 is 0 Å². The van der Waals surface area contributed by atoms with Crippen molar-refractivity contribution in [1.29, 1.82) is 0 Å². The molecule has 5 nitrogen and oxygen atoms in total. The lowest BCUT2D eigenvalue weighted by molar-refractivity contribution is -0.147. The molecule has 0 heterocycles. The Kier molecular flexibility index (Phi) is 14.1. The van der Waals surface area contributed by atoms with E-state index in [0.29, 0.717) is 38.5 Å². The number of hydrogen-bond donors (Lipinski definition) is 1. The zero-order valence-corrected chi connectivity index (χ0v) is 21.1. The summed E-state index contributed by atoms with van der Waals surface area (Å²) in [7, 11) is 0.